The molecule has 0 radical (unpaired) electrons. The van der Waals surface area contributed by atoms with Crippen molar-refractivity contribution < 1.29 is 13.2 Å². The SMILES string of the molecule is C[C@H]1CC(=O)Nc2cc(S(=O)(=O)NCc3cccs3)ccc2S1. The predicted octanol–water partition coefficient (Wildman–Crippen LogP) is 3.05. The van der Waals surface area contributed by atoms with Crippen molar-refractivity contribution in [1.29, 1.82) is 0 Å². The van der Waals surface area contributed by atoms with Gasteiger partial charge in [0.2, 0.25) is 15.9 Å². The van der Waals surface area contributed by atoms with Gasteiger partial charge in [-0.3, -0.25) is 4.79 Å². The molecule has 2 heterocycles. The van der Waals surface area contributed by atoms with Crippen LogP contribution in [0.1, 0.15) is 18.2 Å². The first-order valence-electron chi connectivity index (χ1n) is 7.06. The molecule has 0 saturated heterocycles. The van der Waals surface area contributed by atoms with Crippen molar-refractivity contribution in [2.75, 3.05) is 5.32 Å². The molecule has 1 aliphatic heterocycles. The van der Waals surface area contributed by atoms with E-state index in [-0.39, 0.29) is 22.6 Å². The third-order valence-corrected chi connectivity index (χ3v) is 6.81. The van der Waals surface area contributed by atoms with Gasteiger partial charge in [-0.1, -0.05) is 13.0 Å². The number of benzene rings is 1. The predicted molar refractivity (Wildman–Crippen MR) is 93.4 cm³/mol. The van der Waals surface area contributed by atoms with Crippen LogP contribution in [-0.2, 0) is 21.4 Å². The van der Waals surface area contributed by atoms with Gasteiger partial charge in [0.15, 0.2) is 0 Å². The molecule has 8 heteroatoms. The van der Waals surface area contributed by atoms with E-state index in [0.29, 0.717) is 12.1 Å². The van der Waals surface area contributed by atoms with E-state index in [1.165, 1.54) is 17.4 Å². The minimum absolute atomic E-state index is 0.0927. The van der Waals surface area contributed by atoms with Crippen LogP contribution in [0.5, 0.6) is 0 Å². The number of fused-ring (bicyclic) bond motifs is 1. The number of carbonyl (C=O) groups is 1. The number of hydrogen-bond acceptors (Lipinski definition) is 5. The summed E-state index contributed by atoms with van der Waals surface area (Å²) in [5.74, 6) is -0.0927. The lowest BCUT2D eigenvalue weighted by atomic mass is 10.3. The Labute approximate surface area is 143 Å². The van der Waals surface area contributed by atoms with Crippen LogP contribution in [-0.4, -0.2) is 19.6 Å². The number of amides is 1. The zero-order valence-corrected chi connectivity index (χ0v) is 14.9. The summed E-state index contributed by atoms with van der Waals surface area (Å²) in [5, 5.41) is 4.85. The lowest BCUT2D eigenvalue weighted by Gasteiger charge is -2.11. The summed E-state index contributed by atoms with van der Waals surface area (Å²) in [7, 11) is -3.62. The number of rotatable bonds is 4. The molecule has 0 spiro atoms. The Morgan fingerprint density at radius 1 is 1.35 bits per heavy atom. The molecule has 3 rings (SSSR count). The molecule has 0 fully saturated rings. The number of thioether (sulfide) groups is 1. The van der Waals surface area contributed by atoms with Gasteiger partial charge in [0.1, 0.15) is 0 Å². The summed E-state index contributed by atoms with van der Waals surface area (Å²) in [6.07, 6.45) is 0.415. The standard InChI is InChI=1S/C15H16N2O3S3/c1-10-7-15(18)17-13-8-12(4-5-14(13)22-10)23(19,20)16-9-11-3-2-6-21-11/h2-6,8,10,16H,7,9H2,1H3,(H,17,18)/t10-/m0/s1. The summed E-state index contributed by atoms with van der Waals surface area (Å²) in [6.45, 7) is 2.24. The molecule has 0 aliphatic carbocycles. The molecular formula is C15H16N2O3S3. The molecule has 0 saturated carbocycles. The first-order chi connectivity index (χ1) is 10.9. The summed E-state index contributed by atoms with van der Waals surface area (Å²) in [4.78, 5) is 13.8. The van der Waals surface area contributed by atoms with E-state index in [4.69, 9.17) is 0 Å². The maximum atomic E-state index is 12.4. The normalized spacial score (nSPS) is 18.1. The Kier molecular flexibility index (Phi) is 4.77. The first kappa shape index (κ1) is 16.5. The monoisotopic (exact) mass is 368 g/mol. The van der Waals surface area contributed by atoms with Gasteiger partial charge in [0.05, 0.1) is 10.6 Å². The second kappa shape index (κ2) is 6.64. The highest BCUT2D eigenvalue weighted by Gasteiger charge is 2.22. The lowest BCUT2D eigenvalue weighted by Crippen LogP contribution is -2.23. The summed E-state index contributed by atoms with van der Waals surface area (Å²) in [6, 6.07) is 8.61. The van der Waals surface area contributed by atoms with Gasteiger partial charge < -0.3 is 5.32 Å². The fraction of sp³-hybridized carbons (Fsp3) is 0.267. The molecule has 0 bridgehead atoms. The highest BCUT2D eigenvalue weighted by atomic mass is 32.2. The van der Waals surface area contributed by atoms with Crippen molar-refractivity contribution in [1.82, 2.24) is 4.72 Å². The van der Waals surface area contributed by atoms with Gasteiger partial charge in [-0.25, -0.2) is 13.1 Å². The third kappa shape index (κ3) is 3.95. The van der Waals surface area contributed by atoms with Crippen LogP contribution < -0.4 is 10.0 Å². The van der Waals surface area contributed by atoms with Crippen LogP contribution in [0, 0.1) is 0 Å². The van der Waals surface area contributed by atoms with E-state index in [9.17, 15) is 13.2 Å². The zero-order valence-electron chi connectivity index (χ0n) is 12.4. The Bertz CT molecular complexity index is 816. The zero-order chi connectivity index (χ0) is 16.4. The van der Waals surface area contributed by atoms with Crippen molar-refractivity contribution in [2.45, 2.75) is 34.9 Å². The minimum atomic E-state index is -3.62. The second-order valence-electron chi connectivity index (χ2n) is 5.24. The van der Waals surface area contributed by atoms with Gasteiger partial charge in [-0.15, -0.1) is 23.1 Å². The van der Waals surface area contributed by atoms with Crippen LogP contribution in [0.4, 0.5) is 5.69 Å². The topological polar surface area (TPSA) is 75.3 Å². The average molecular weight is 369 g/mol. The quantitative estimate of drug-likeness (QED) is 0.870. The van der Waals surface area contributed by atoms with E-state index in [2.05, 4.69) is 10.0 Å². The minimum Gasteiger partial charge on any atom is -0.325 e. The van der Waals surface area contributed by atoms with Crippen molar-refractivity contribution in [3.8, 4) is 0 Å². The molecule has 2 N–H and O–H groups in total. The fourth-order valence-electron chi connectivity index (χ4n) is 2.26. The van der Waals surface area contributed by atoms with Crippen molar-refractivity contribution in [3.05, 3.63) is 40.6 Å². The van der Waals surface area contributed by atoms with Crippen LogP contribution in [0.2, 0.25) is 0 Å². The number of carbonyl (C=O) groups excluding carboxylic acids is 1. The van der Waals surface area contributed by atoms with Crippen molar-refractivity contribution >= 4 is 44.7 Å². The maximum Gasteiger partial charge on any atom is 0.240 e. The van der Waals surface area contributed by atoms with Gasteiger partial charge in [0, 0.05) is 28.0 Å². The molecule has 2 aromatic rings. The van der Waals surface area contributed by atoms with Crippen LogP contribution in [0.15, 0.2) is 45.5 Å². The maximum absolute atomic E-state index is 12.4. The third-order valence-electron chi connectivity index (χ3n) is 3.35. The molecular weight excluding hydrogens is 352 g/mol. The fourth-order valence-corrected chi connectivity index (χ4v) is 5.08. The number of anilines is 1. The van der Waals surface area contributed by atoms with Gasteiger partial charge >= 0.3 is 0 Å². The Hall–Kier alpha value is -1.35. The van der Waals surface area contributed by atoms with Gasteiger partial charge in [0.25, 0.3) is 0 Å². The molecule has 5 nitrogen and oxygen atoms in total. The van der Waals surface area contributed by atoms with Gasteiger partial charge in [-0.05, 0) is 29.6 Å². The lowest BCUT2D eigenvalue weighted by molar-refractivity contribution is -0.116. The van der Waals surface area contributed by atoms with E-state index in [1.807, 2.05) is 24.4 Å². The molecule has 1 amide bonds. The molecule has 1 aromatic carbocycles. The summed E-state index contributed by atoms with van der Waals surface area (Å²) in [5.41, 5.74) is 0.559. The van der Waals surface area contributed by atoms with E-state index < -0.39 is 10.0 Å². The molecule has 23 heavy (non-hydrogen) atoms. The van der Waals surface area contributed by atoms with Crippen LogP contribution in [0.25, 0.3) is 0 Å². The van der Waals surface area contributed by atoms with E-state index >= 15 is 0 Å². The Morgan fingerprint density at radius 3 is 2.91 bits per heavy atom. The summed E-state index contributed by atoms with van der Waals surface area (Å²) < 4.78 is 27.4. The molecule has 0 unspecified atom stereocenters. The Morgan fingerprint density at radius 2 is 2.17 bits per heavy atom. The number of thiophene rings is 1. The van der Waals surface area contributed by atoms with E-state index in [0.717, 1.165) is 9.77 Å². The molecule has 1 aliphatic rings. The molecule has 1 aromatic heterocycles. The smallest absolute Gasteiger partial charge is 0.240 e. The van der Waals surface area contributed by atoms with Crippen LogP contribution >= 0.6 is 23.1 Å². The average Bonchev–Trinajstić information content (AvgIpc) is 2.95. The molecule has 1 atom stereocenters. The van der Waals surface area contributed by atoms with E-state index in [1.54, 1.807) is 23.9 Å². The number of hydrogen-bond donors (Lipinski definition) is 2. The largest absolute Gasteiger partial charge is 0.325 e. The number of nitrogens with one attached hydrogen (secondary N) is 2. The molecule has 122 valence electrons. The van der Waals surface area contributed by atoms with Crippen molar-refractivity contribution in [3.63, 3.8) is 0 Å². The Balaban J connectivity index is 1.84. The summed E-state index contributed by atoms with van der Waals surface area (Å²) >= 11 is 3.07. The number of sulfonamides is 1. The van der Waals surface area contributed by atoms with Crippen molar-refractivity contribution in [2.24, 2.45) is 0 Å². The highest BCUT2D eigenvalue weighted by Crippen LogP contribution is 2.36. The highest BCUT2D eigenvalue weighted by molar-refractivity contribution is 8.00. The first-order valence-corrected chi connectivity index (χ1v) is 10.3. The van der Waals surface area contributed by atoms with Gasteiger partial charge in [-0.2, -0.15) is 0 Å². The second-order valence-corrected chi connectivity index (χ2v) is 9.52. The van der Waals surface area contributed by atoms with Crippen LogP contribution in [0.3, 0.4) is 0 Å².